The van der Waals surface area contributed by atoms with Crippen molar-refractivity contribution in [3.05, 3.63) is 0 Å². The minimum Gasteiger partial charge on any atom is -0.759 e. The topological polar surface area (TPSA) is 493 Å². The fraction of sp³-hybridized carbons (Fsp3) is 0. The molecule has 174 valence electrons. The molecule has 0 aromatic carbocycles. The molecule has 16 N–H and O–H groups in total. The summed E-state index contributed by atoms with van der Waals surface area (Å²) in [5.41, 5.74) is 0. The maximum Gasteiger partial charge on any atom is 3.00 e. The molecule has 2 radical (unpaired) electrons. The van der Waals surface area contributed by atoms with Gasteiger partial charge in [-0.15, -0.1) is 0 Å². The molecule has 0 unspecified atom stereocenters. The van der Waals surface area contributed by atoms with Crippen LogP contribution in [0.3, 0.4) is 0 Å². The van der Waals surface area contributed by atoms with Gasteiger partial charge in [-0.3, -0.25) is 25.3 Å². The van der Waals surface area contributed by atoms with E-state index in [1.807, 2.05) is 0 Å². The molecule has 0 aliphatic rings. The molecule has 0 aliphatic heterocycles. The molecule has 0 bridgehead atoms. The smallest absolute Gasteiger partial charge is 0.759 e. The SMILES string of the molecule is O.O.O.O.O.O.O.O.O=S(=O)([O-])[O-].O=S(=O)([O-])[O-].O=S(=O)([O-])[O-].[Dy+3].[Dy+3]. The molecular formula is H16Dy2O20S3. The average molecular weight is 757 g/mol. The third-order valence-electron chi connectivity index (χ3n) is 0. The van der Waals surface area contributed by atoms with Crippen LogP contribution in [0, 0.1) is 76.3 Å². The Labute approximate surface area is 201 Å². The normalized spacial score (nSPS) is 6.96. The van der Waals surface area contributed by atoms with Crippen LogP contribution in [0.25, 0.3) is 0 Å². The minimum atomic E-state index is -5.17. The van der Waals surface area contributed by atoms with Crippen molar-refractivity contribution in [3.8, 4) is 0 Å². The van der Waals surface area contributed by atoms with E-state index >= 15 is 0 Å². The second-order valence-electron chi connectivity index (χ2n) is 1.22. The predicted octanol–water partition coefficient (Wildman–Crippen LogP) is -10.6. The third kappa shape index (κ3) is 4360. The molecule has 0 aromatic heterocycles. The van der Waals surface area contributed by atoms with Crippen molar-refractivity contribution in [2.75, 3.05) is 0 Å². The zero-order chi connectivity index (χ0) is 13.5. The molecule has 25 heavy (non-hydrogen) atoms. The summed E-state index contributed by atoms with van der Waals surface area (Å²) >= 11 is 0. The maximum atomic E-state index is 8.52. The Morgan fingerprint density at radius 2 is 0.320 bits per heavy atom. The van der Waals surface area contributed by atoms with Crippen molar-refractivity contribution >= 4 is 31.2 Å². The quantitative estimate of drug-likeness (QED) is 0.164. The Morgan fingerprint density at radius 1 is 0.320 bits per heavy atom. The second kappa shape index (κ2) is 40.5. The molecule has 0 aliphatic carbocycles. The van der Waals surface area contributed by atoms with Gasteiger partial charge in [0.1, 0.15) is 0 Å². The van der Waals surface area contributed by atoms with Crippen LogP contribution >= 0.6 is 0 Å². The first-order valence-corrected chi connectivity index (χ1v) is 6.00. The Bertz CT molecular complexity index is 344. The zero-order valence-corrected chi connectivity index (χ0v) is 17.3. The summed E-state index contributed by atoms with van der Waals surface area (Å²) in [6, 6.07) is 0. The standard InChI is InChI=1S/2Dy.3H2O4S.8H2O/c;;3*1-5(2,3)4;;;;;;;;/h;;3*(H2,1,2,3,4);8*1H2/q2*+3;;;;;;;;;;;/p-6. The Balaban J connectivity index is -0.00000000655. The molecular weight excluding hydrogens is 741 g/mol. The molecule has 0 saturated carbocycles. The van der Waals surface area contributed by atoms with Crippen LogP contribution in [0.4, 0.5) is 0 Å². The molecule has 25 heteroatoms. The number of hydrogen-bond acceptors (Lipinski definition) is 12. The molecule has 0 spiro atoms. The Hall–Kier alpha value is 1.84. The van der Waals surface area contributed by atoms with Crippen molar-refractivity contribution in [2.45, 2.75) is 0 Å². The van der Waals surface area contributed by atoms with Gasteiger partial charge in [-0.25, -0.2) is 0 Å². The molecule has 0 aromatic rings. The van der Waals surface area contributed by atoms with E-state index in [2.05, 4.69) is 0 Å². The van der Waals surface area contributed by atoms with Crippen LogP contribution in [0.15, 0.2) is 0 Å². The van der Waals surface area contributed by atoms with E-state index in [1.54, 1.807) is 0 Å². The molecule has 20 nitrogen and oxygen atoms in total. The van der Waals surface area contributed by atoms with E-state index in [0.29, 0.717) is 0 Å². The third-order valence-corrected chi connectivity index (χ3v) is 0. The Kier molecular flexibility index (Phi) is 152. The molecule has 0 saturated heterocycles. The van der Waals surface area contributed by atoms with Crippen LogP contribution in [-0.2, 0) is 31.2 Å². The van der Waals surface area contributed by atoms with E-state index in [4.69, 9.17) is 52.6 Å². The average Bonchev–Trinajstić information content (AvgIpc) is 1.41. The van der Waals surface area contributed by atoms with Crippen molar-refractivity contribution in [2.24, 2.45) is 0 Å². The van der Waals surface area contributed by atoms with E-state index in [-0.39, 0.29) is 120 Å². The molecule has 0 rings (SSSR count). The molecule has 0 atom stereocenters. The predicted molar refractivity (Wildman–Crippen MR) is 60.3 cm³/mol. The van der Waals surface area contributed by atoms with Gasteiger partial charge in [0.2, 0.25) is 0 Å². The maximum absolute atomic E-state index is 8.52. The summed E-state index contributed by atoms with van der Waals surface area (Å²) in [6.07, 6.45) is 0. The fourth-order valence-electron chi connectivity index (χ4n) is 0. The monoisotopic (exact) mass is 760 g/mol. The van der Waals surface area contributed by atoms with Gasteiger partial charge in [0.05, 0.1) is 0 Å². The first-order chi connectivity index (χ1) is 6.00. The first kappa shape index (κ1) is 93.6. The summed E-state index contributed by atoms with van der Waals surface area (Å²) in [6.45, 7) is 0. The number of rotatable bonds is 0. The van der Waals surface area contributed by atoms with E-state index in [9.17, 15) is 0 Å². The summed E-state index contributed by atoms with van der Waals surface area (Å²) < 4.78 is 102. The van der Waals surface area contributed by atoms with Crippen LogP contribution in [-0.4, -0.2) is 96.4 Å². The fourth-order valence-corrected chi connectivity index (χ4v) is 0. The minimum absolute atomic E-state index is 0. The van der Waals surface area contributed by atoms with Gasteiger partial charge in [-0.2, -0.15) is 0 Å². The summed E-state index contributed by atoms with van der Waals surface area (Å²) in [7, 11) is -15.5. The summed E-state index contributed by atoms with van der Waals surface area (Å²) in [5.74, 6) is 0. The second-order valence-corrected chi connectivity index (χ2v) is 3.67. The van der Waals surface area contributed by atoms with Crippen molar-refractivity contribution in [1.29, 1.82) is 0 Å². The van der Waals surface area contributed by atoms with Crippen LogP contribution in [0.1, 0.15) is 0 Å². The van der Waals surface area contributed by atoms with Gasteiger partial charge < -0.3 is 71.1 Å². The summed E-state index contributed by atoms with van der Waals surface area (Å²) in [4.78, 5) is 0. The molecule has 0 heterocycles. The molecule has 0 fully saturated rings. The van der Waals surface area contributed by atoms with Crippen LogP contribution < -0.4 is 0 Å². The van der Waals surface area contributed by atoms with Gasteiger partial charge in [0.25, 0.3) is 0 Å². The molecule has 0 amide bonds. The zero-order valence-electron chi connectivity index (χ0n) is 10.8. The van der Waals surface area contributed by atoms with Crippen molar-refractivity contribution < 1.29 is 173 Å². The van der Waals surface area contributed by atoms with E-state index < -0.39 is 31.2 Å². The van der Waals surface area contributed by atoms with Gasteiger partial charge >= 0.3 is 76.3 Å². The van der Waals surface area contributed by atoms with Crippen LogP contribution in [0.5, 0.6) is 0 Å². The van der Waals surface area contributed by atoms with Crippen LogP contribution in [0.2, 0.25) is 0 Å². The van der Waals surface area contributed by atoms with Crippen molar-refractivity contribution in [3.63, 3.8) is 0 Å². The van der Waals surface area contributed by atoms with E-state index in [1.165, 1.54) is 0 Å². The van der Waals surface area contributed by atoms with Gasteiger partial charge in [0.15, 0.2) is 0 Å². The van der Waals surface area contributed by atoms with Gasteiger partial charge in [-0.1, -0.05) is 0 Å². The summed E-state index contributed by atoms with van der Waals surface area (Å²) in [5, 5.41) is 0. The Morgan fingerprint density at radius 3 is 0.320 bits per heavy atom. The first-order valence-electron chi connectivity index (χ1n) is 2.00. The van der Waals surface area contributed by atoms with Crippen molar-refractivity contribution in [1.82, 2.24) is 0 Å². The number of hydrogen-bond donors (Lipinski definition) is 0. The van der Waals surface area contributed by atoms with Gasteiger partial charge in [-0.05, 0) is 0 Å². The largest absolute Gasteiger partial charge is 3.00 e. The van der Waals surface area contributed by atoms with Gasteiger partial charge in [0, 0.05) is 31.2 Å². The van der Waals surface area contributed by atoms with E-state index in [0.717, 1.165) is 0 Å².